The molecular formula is C29H24B. The summed E-state index contributed by atoms with van der Waals surface area (Å²) in [5.74, 6) is 0. The van der Waals surface area contributed by atoms with Gasteiger partial charge in [-0.2, -0.15) is 0 Å². The summed E-state index contributed by atoms with van der Waals surface area (Å²) in [5.41, 5.74) is 9.17. The standard InChI is InChI=1S/C29H24B/c1-19-17-20(2)28(21(3)18-19)30-29-25-15-9-7-13-23(25)27(22-11-5-4-6-12-22)24-14-8-10-16-26(24)29/h4-18H,1-3H3. The van der Waals surface area contributed by atoms with E-state index in [0.717, 1.165) is 0 Å². The van der Waals surface area contributed by atoms with Crippen molar-refractivity contribution in [3.05, 3.63) is 108 Å². The summed E-state index contributed by atoms with van der Waals surface area (Å²) < 4.78 is 0. The number of hydrogen-bond acceptors (Lipinski definition) is 0. The minimum Gasteiger partial charge on any atom is -0.0756 e. The molecule has 0 unspecified atom stereocenters. The minimum absolute atomic E-state index is 1.26. The molecule has 0 amide bonds. The van der Waals surface area contributed by atoms with Crippen LogP contribution < -0.4 is 10.9 Å². The maximum atomic E-state index is 2.39. The van der Waals surface area contributed by atoms with Crippen molar-refractivity contribution in [1.82, 2.24) is 0 Å². The highest BCUT2D eigenvalue weighted by molar-refractivity contribution is 6.73. The van der Waals surface area contributed by atoms with E-state index in [9.17, 15) is 0 Å². The molecule has 1 radical (unpaired) electrons. The lowest BCUT2D eigenvalue weighted by molar-refractivity contribution is 1.35. The molecule has 5 aromatic rings. The second kappa shape index (κ2) is 7.50. The first kappa shape index (κ1) is 18.7. The fourth-order valence-electron chi connectivity index (χ4n) is 4.80. The van der Waals surface area contributed by atoms with Crippen LogP contribution >= 0.6 is 0 Å². The maximum absolute atomic E-state index is 2.39. The fourth-order valence-corrected chi connectivity index (χ4v) is 4.80. The van der Waals surface area contributed by atoms with E-state index >= 15 is 0 Å². The molecule has 0 aliphatic carbocycles. The van der Waals surface area contributed by atoms with E-state index in [1.807, 2.05) is 0 Å². The van der Waals surface area contributed by atoms with Crippen molar-refractivity contribution in [2.75, 3.05) is 0 Å². The summed E-state index contributed by atoms with van der Waals surface area (Å²) in [4.78, 5) is 0. The van der Waals surface area contributed by atoms with Crippen LogP contribution in [0.3, 0.4) is 0 Å². The van der Waals surface area contributed by atoms with Gasteiger partial charge in [-0.15, -0.1) is 0 Å². The molecule has 0 nitrogen and oxygen atoms in total. The van der Waals surface area contributed by atoms with Gasteiger partial charge in [0.15, 0.2) is 7.28 Å². The van der Waals surface area contributed by atoms with Gasteiger partial charge < -0.3 is 0 Å². The third-order valence-electron chi connectivity index (χ3n) is 6.06. The third-order valence-corrected chi connectivity index (χ3v) is 6.06. The predicted molar refractivity (Wildman–Crippen MR) is 133 cm³/mol. The van der Waals surface area contributed by atoms with Crippen LogP contribution in [0.4, 0.5) is 0 Å². The Morgan fingerprint density at radius 2 is 0.967 bits per heavy atom. The summed E-state index contributed by atoms with van der Waals surface area (Å²) in [5, 5.41) is 5.20. The van der Waals surface area contributed by atoms with Gasteiger partial charge in [0.2, 0.25) is 0 Å². The van der Waals surface area contributed by atoms with Gasteiger partial charge in [-0.1, -0.05) is 119 Å². The van der Waals surface area contributed by atoms with Crippen molar-refractivity contribution in [3.63, 3.8) is 0 Å². The zero-order chi connectivity index (χ0) is 20.7. The van der Waals surface area contributed by atoms with E-state index < -0.39 is 0 Å². The molecule has 0 saturated heterocycles. The van der Waals surface area contributed by atoms with Crippen LogP contribution in [0.2, 0.25) is 0 Å². The van der Waals surface area contributed by atoms with Gasteiger partial charge in [0.25, 0.3) is 0 Å². The maximum Gasteiger partial charge on any atom is 0.193 e. The number of rotatable bonds is 3. The molecule has 30 heavy (non-hydrogen) atoms. The van der Waals surface area contributed by atoms with Crippen molar-refractivity contribution >= 4 is 39.8 Å². The van der Waals surface area contributed by atoms with Crippen LogP contribution in [-0.4, -0.2) is 7.28 Å². The highest BCUT2D eigenvalue weighted by atomic mass is 14.1. The molecule has 0 atom stereocenters. The summed E-state index contributed by atoms with van der Waals surface area (Å²) in [6.07, 6.45) is 0. The first-order valence-corrected chi connectivity index (χ1v) is 10.5. The van der Waals surface area contributed by atoms with Gasteiger partial charge in [0.05, 0.1) is 0 Å². The second-order valence-electron chi connectivity index (χ2n) is 8.20. The van der Waals surface area contributed by atoms with Gasteiger partial charge in [-0.3, -0.25) is 0 Å². The molecule has 1 heteroatoms. The quantitative estimate of drug-likeness (QED) is 0.256. The largest absolute Gasteiger partial charge is 0.193 e. The van der Waals surface area contributed by atoms with Gasteiger partial charge in [0.1, 0.15) is 0 Å². The third kappa shape index (κ3) is 3.11. The average Bonchev–Trinajstić information content (AvgIpc) is 2.76. The van der Waals surface area contributed by atoms with Gasteiger partial charge in [0, 0.05) is 0 Å². The fraction of sp³-hybridized carbons (Fsp3) is 0.103. The number of aryl methyl sites for hydroxylation is 3. The Bertz CT molecular complexity index is 1300. The molecule has 0 aliphatic rings. The van der Waals surface area contributed by atoms with Crippen molar-refractivity contribution in [1.29, 1.82) is 0 Å². The molecule has 0 aromatic heterocycles. The lowest BCUT2D eigenvalue weighted by atomic mass is 9.58. The van der Waals surface area contributed by atoms with E-state index in [1.165, 1.54) is 60.3 Å². The Hall–Kier alpha value is -3.32. The number of hydrogen-bond donors (Lipinski definition) is 0. The minimum atomic E-state index is 1.26. The van der Waals surface area contributed by atoms with Crippen LogP contribution in [-0.2, 0) is 0 Å². The lowest BCUT2D eigenvalue weighted by Crippen LogP contribution is -2.32. The highest BCUT2D eigenvalue weighted by Gasteiger charge is 2.17. The topological polar surface area (TPSA) is 0 Å². The molecule has 5 aromatic carbocycles. The highest BCUT2D eigenvalue weighted by Crippen LogP contribution is 2.35. The van der Waals surface area contributed by atoms with E-state index in [0.29, 0.717) is 0 Å². The Morgan fingerprint density at radius 3 is 1.50 bits per heavy atom. The van der Waals surface area contributed by atoms with Crippen molar-refractivity contribution in [2.45, 2.75) is 20.8 Å². The van der Waals surface area contributed by atoms with E-state index in [1.54, 1.807) is 0 Å². The first-order chi connectivity index (χ1) is 14.6. The Balaban J connectivity index is 1.86. The normalized spacial score (nSPS) is 11.2. The van der Waals surface area contributed by atoms with Crippen LogP contribution in [0.5, 0.6) is 0 Å². The van der Waals surface area contributed by atoms with Crippen LogP contribution in [0, 0.1) is 20.8 Å². The van der Waals surface area contributed by atoms with E-state index in [2.05, 4.69) is 119 Å². The summed E-state index contributed by atoms with van der Waals surface area (Å²) in [7, 11) is 2.39. The van der Waals surface area contributed by atoms with E-state index in [-0.39, 0.29) is 0 Å². The van der Waals surface area contributed by atoms with Gasteiger partial charge in [-0.25, -0.2) is 0 Å². The van der Waals surface area contributed by atoms with Crippen molar-refractivity contribution < 1.29 is 0 Å². The summed E-state index contributed by atoms with van der Waals surface area (Å²) in [6, 6.07) is 33.0. The molecule has 0 fully saturated rings. The summed E-state index contributed by atoms with van der Waals surface area (Å²) >= 11 is 0. The molecule has 0 heterocycles. The van der Waals surface area contributed by atoms with Crippen LogP contribution in [0.15, 0.2) is 91.0 Å². The Morgan fingerprint density at radius 1 is 0.500 bits per heavy atom. The zero-order valence-corrected chi connectivity index (χ0v) is 17.7. The van der Waals surface area contributed by atoms with Crippen molar-refractivity contribution in [2.24, 2.45) is 0 Å². The molecular weight excluding hydrogens is 359 g/mol. The number of fused-ring (bicyclic) bond motifs is 2. The zero-order valence-electron chi connectivity index (χ0n) is 17.7. The Kier molecular flexibility index (Phi) is 4.67. The monoisotopic (exact) mass is 383 g/mol. The second-order valence-corrected chi connectivity index (χ2v) is 8.20. The van der Waals surface area contributed by atoms with Crippen LogP contribution in [0.25, 0.3) is 32.7 Å². The predicted octanol–water partition coefficient (Wildman–Crippen LogP) is 6.24. The smallest absolute Gasteiger partial charge is 0.0756 e. The molecule has 0 bridgehead atoms. The molecule has 5 rings (SSSR count). The molecule has 0 aliphatic heterocycles. The van der Waals surface area contributed by atoms with Gasteiger partial charge >= 0.3 is 0 Å². The Labute approximate surface area is 179 Å². The van der Waals surface area contributed by atoms with Crippen molar-refractivity contribution in [3.8, 4) is 11.1 Å². The molecule has 143 valence electrons. The molecule has 0 spiro atoms. The molecule has 0 N–H and O–H groups in total. The SMILES string of the molecule is Cc1cc(C)c([B]c2c3ccccc3c(-c3ccccc3)c3ccccc23)c(C)c1. The van der Waals surface area contributed by atoms with Crippen LogP contribution in [0.1, 0.15) is 16.7 Å². The average molecular weight is 383 g/mol. The van der Waals surface area contributed by atoms with Gasteiger partial charge in [-0.05, 0) is 53.4 Å². The van der Waals surface area contributed by atoms with E-state index in [4.69, 9.17) is 0 Å². The molecule has 0 saturated carbocycles. The first-order valence-electron chi connectivity index (χ1n) is 10.5. The number of benzene rings is 5. The lowest BCUT2D eigenvalue weighted by Gasteiger charge is -2.18. The summed E-state index contributed by atoms with van der Waals surface area (Å²) in [6.45, 7) is 6.60.